The summed E-state index contributed by atoms with van der Waals surface area (Å²) in [5.74, 6) is -0.408. The first-order valence-corrected chi connectivity index (χ1v) is 12.0. The van der Waals surface area contributed by atoms with Crippen molar-refractivity contribution in [1.82, 2.24) is 0 Å². The van der Waals surface area contributed by atoms with E-state index in [9.17, 15) is 29.4 Å². The summed E-state index contributed by atoms with van der Waals surface area (Å²) in [4.78, 5) is 46.8. The molecule has 0 spiro atoms. The molecule has 0 aliphatic carbocycles. The van der Waals surface area contributed by atoms with Crippen molar-refractivity contribution < 1.29 is 48.3 Å². The Labute approximate surface area is 224 Å². The van der Waals surface area contributed by atoms with Gasteiger partial charge in [0.15, 0.2) is 0 Å². The fraction of sp³-hybridized carbons (Fsp3) is 0.360. The second-order valence-corrected chi connectivity index (χ2v) is 7.86. The van der Waals surface area contributed by atoms with Crippen molar-refractivity contribution in [3.63, 3.8) is 0 Å². The third-order valence-corrected chi connectivity index (χ3v) is 4.93. The highest BCUT2D eigenvalue weighted by atomic mass is 16.6. The molecule has 0 aliphatic rings. The molecule has 0 saturated carbocycles. The predicted octanol–water partition coefficient (Wildman–Crippen LogP) is 5.20. The van der Waals surface area contributed by atoms with Crippen molar-refractivity contribution in [2.45, 2.75) is 32.6 Å². The summed E-state index contributed by atoms with van der Waals surface area (Å²) in [5.41, 5.74) is 0.740. The molecule has 2 rings (SSSR count). The second kappa shape index (κ2) is 16.1. The summed E-state index contributed by atoms with van der Waals surface area (Å²) < 4.78 is 19.5. The lowest BCUT2D eigenvalue weighted by atomic mass is 10.2. The van der Waals surface area contributed by atoms with Crippen LogP contribution in [0.3, 0.4) is 0 Å². The highest BCUT2D eigenvalue weighted by Gasteiger charge is 2.12. The Kier molecular flexibility index (Phi) is 12.5. The molecule has 39 heavy (non-hydrogen) atoms. The largest absolute Gasteiger partial charge is 0.506 e. The zero-order chi connectivity index (χ0) is 28.6. The normalized spacial score (nSPS) is 10.1. The summed E-state index contributed by atoms with van der Waals surface area (Å²) in [6, 6.07) is 8.20. The molecule has 0 unspecified atom stereocenters. The number of carbonyl (C=O) groups excluding carboxylic acids is 4. The number of rotatable bonds is 12. The van der Waals surface area contributed by atoms with Crippen LogP contribution in [-0.2, 0) is 18.9 Å². The minimum Gasteiger partial charge on any atom is -0.506 e. The Balaban J connectivity index is 1.61. The van der Waals surface area contributed by atoms with Crippen LogP contribution in [0, 0.1) is 0 Å². The van der Waals surface area contributed by atoms with Gasteiger partial charge in [-0.1, -0.05) is 0 Å². The van der Waals surface area contributed by atoms with E-state index < -0.39 is 24.4 Å². The molecular weight excluding hydrogens is 516 g/mol. The van der Waals surface area contributed by atoms with Gasteiger partial charge in [-0.25, -0.2) is 19.2 Å². The number of ether oxygens (including phenoxy) is 4. The van der Waals surface area contributed by atoms with Gasteiger partial charge in [0.25, 0.3) is 0 Å². The number of hydrogen-bond acceptors (Lipinski definition) is 10. The highest BCUT2D eigenvalue weighted by Crippen LogP contribution is 2.28. The maximum Gasteiger partial charge on any atom is 0.411 e. The van der Waals surface area contributed by atoms with Gasteiger partial charge in [0.1, 0.15) is 11.5 Å². The van der Waals surface area contributed by atoms with Crippen molar-refractivity contribution in [2.24, 2.45) is 0 Å². The van der Waals surface area contributed by atoms with Crippen molar-refractivity contribution in [3.05, 3.63) is 36.4 Å². The lowest BCUT2D eigenvalue weighted by Gasteiger charge is -2.11. The Morgan fingerprint density at radius 1 is 0.641 bits per heavy atom. The first kappa shape index (κ1) is 30.3. The van der Waals surface area contributed by atoms with Gasteiger partial charge in [0, 0.05) is 11.4 Å². The zero-order valence-corrected chi connectivity index (χ0v) is 21.6. The summed E-state index contributed by atoms with van der Waals surface area (Å²) >= 11 is 0. The van der Waals surface area contributed by atoms with E-state index in [4.69, 9.17) is 14.2 Å². The maximum absolute atomic E-state index is 12.0. The van der Waals surface area contributed by atoms with E-state index in [0.717, 1.165) is 0 Å². The number of anilines is 4. The minimum absolute atomic E-state index is 0.0552. The van der Waals surface area contributed by atoms with Crippen molar-refractivity contribution >= 4 is 47.1 Å². The molecule has 0 fully saturated rings. The number of methoxy groups -OCH3 is 1. The van der Waals surface area contributed by atoms with E-state index in [-0.39, 0.29) is 42.7 Å². The number of nitrogens with one attached hydrogen (secondary N) is 4. The Morgan fingerprint density at radius 2 is 1.08 bits per heavy atom. The Hall–Kier alpha value is -4.88. The van der Waals surface area contributed by atoms with Crippen LogP contribution in [-0.4, -0.2) is 61.5 Å². The number of carbonyl (C=O) groups is 4. The molecule has 0 heterocycles. The van der Waals surface area contributed by atoms with Gasteiger partial charge in [0.2, 0.25) is 0 Å². The minimum atomic E-state index is -0.773. The van der Waals surface area contributed by atoms with Gasteiger partial charge in [-0.05, 0) is 69.0 Å². The molecule has 0 radical (unpaired) electrons. The number of phenolic OH excluding ortho intramolecular Hbond substituents is 2. The summed E-state index contributed by atoms with van der Waals surface area (Å²) in [5, 5.41) is 29.5. The van der Waals surface area contributed by atoms with E-state index in [2.05, 4.69) is 26.0 Å². The number of aromatic hydroxyl groups is 2. The summed E-state index contributed by atoms with van der Waals surface area (Å²) in [6.45, 7) is 2.12. The molecule has 6 N–H and O–H groups in total. The molecule has 0 bridgehead atoms. The SMILES string of the molecule is CCOC(=O)Nc1ccc(O)c(NC(=O)OCCCCCCOC(=O)Nc2cc(NC(=O)OC)ccc2O)c1. The second-order valence-electron chi connectivity index (χ2n) is 7.86. The number of benzene rings is 2. The first-order chi connectivity index (χ1) is 18.7. The Bertz CT molecular complexity index is 1140. The molecule has 0 aliphatic heterocycles. The zero-order valence-electron chi connectivity index (χ0n) is 21.6. The van der Waals surface area contributed by atoms with Crippen LogP contribution in [0.5, 0.6) is 11.5 Å². The van der Waals surface area contributed by atoms with Gasteiger partial charge >= 0.3 is 24.4 Å². The lowest BCUT2D eigenvalue weighted by Crippen LogP contribution is -2.16. The van der Waals surface area contributed by atoms with Crippen molar-refractivity contribution in [1.29, 1.82) is 0 Å². The van der Waals surface area contributed by atoms with E-state index in [1.54, 1.807) is 6.92 Å². The third-order valence-electron chi connectivity index (χ3n) is 4.93. The van der Waals surface area contributed by atoms with Gasteiger partial charge < -0.3 is 29.2 Å². The molecule has 212 valence electrons. The molecule has 4 amide bonds. The Morgan fingerprint density at radius 3 is 1.51 bits per heavy atom. The van der Waals surface area contributed by atoms with Crippen molar-refractivity contribution in [2.75, 3.05) is 48.2 Å². The standard InChI is InChI=1S/C25H32N4O10/c1-3-37-23(33)27-17-9-11-21(31)19(15-17)29-25(35)39-13-7-5-4-6-12-38-24(34)28-18-14-16(8-10-20(18)30)26-22(32)36-2/h8-11,14-15,30-31H,3-7,12-13H2,1-2H3,(H,26,32)(H,27,33)(H,28,34)(H,29,35). The monoisotopic (exact) mass is 548 g/mol. The average Bonchev–Trinajstić information content (AvgIpc) is 2.89. The molecule has 2 aromatic carbocycles. The molecule has 14 nitrogen and oxygen atoms in total. The topological polar surface area (TPSA) is 194 Å². The molecular formula is C25H32N4O10. The van der Waals surface area contributed by atoms with Gasteiger partial charge in [-0.2, -0.15) is 0 Å². The van der Waals surface area contributed by atoms with Crippen molar-refractivity contribution in [3.8, 4) is 11.5 Å². The smallest absolute Gasteiger partial charge is 0.411 e. The quantitative estimate of drug-likeness (QED) is 0.0888. The summed E-state index contributed by atoms with van der Waals surface area (Å²) in [6.07, 6.45) is -0.391. The predicted molar refractivity (Wildman–Crippen MR) is 141 cm³/mol. The fourth-order valence-corrected chi connectivity index (χ4v) is 3.06. The number of unbranched alkanes of at least 4 members (excludes halogenated alkanes) is 3. The molecule has 0 aromatic heterocycles. The third kappa shape index (κ3) is 11.4. The van der Waals surface area contributed by atoms with Crippen LogP contribution < -0.4 is 21.3 Å². The van der Waals surface area contributed by atoms with Crippen LogP contribution in [0.2, 0.25) is 0 Å². The molecule has 0 saturated heterocycles. The lowest BCUT2D eigenvalue weighted by molar-refractivity contribution is 0.153. The fourth-order valence-electron chi connectivity index (χ4n) is 3.06. The van der Waals surface area contributed by atoms with Crippen LogP contribution in [0.4, 0.5) is 41.9 Å². The first-order valence-electron chi connectivity index (χ1n) is 12.0. The highest BCUT2D eigenvalue weighted by molar-refractivity contribution is 5.91. The number of amides is 4. The van der Waals surface area contributed by atoms with E-state index in [1.807, 2.05) is 0 Å². The average molecular weight is 549 g/mol. The van der Waals surface area contributed by atoms with Crippen LogP contribution in [0.25, 0.3) is 0 Å². The molecule has 14 heteroatoms. The van der Waals surface area contributed by atoms with Crippen LogP contribution in [0.15, 0.2) is 36.4 Å². The number of phenols is 2. The van der Waals surface area contributed by atoms with Gasteiger partial charge in [-0.15, -0.1) is 0 Å². The van der Waals surface area contributed by atoms with Crippen LogP contribution in [0.1, 0.15) is 32.6 Å². The van der Waals surface area contributed by atoms with Crippen LogP contribution >= 0.6 is 0 Å². The van der Waals surface area contributed by atoms with E-state index in [1.165, 1.54) is 43.5 Å². The maximum atomic E-state index is 12.0. The molecule has 0 atom stereocenters. The van der Waals surface area contributed by atoms with Gasteiger partial charge in [-0.3, -0.25) is 21.3 Å². The van der Waals surface area contributed by atoms with Gasteiger partial charge in [0.05, 0.1) is 38.3 Å². The van der Waals surface area contributed by atoms with E-state index in [0.29, 0.717) is 37.1 Å². The summed E-state index contributed by atoms with van der Waals surface area (Å²) in [7, 11) is 1.21. The van der Waals surface area contributed by atoms with E-state index >= 15 is 0 Å². The number of hydrogen-bond donors (Lipinski definition) is 6. The molecule has 2 aromatic rings.